The molecule has 1 amide bonds. The Morgan fingerprint density at radius 1 is 0.917 bits per heavy atom. The number of rotatable bonds is 5. The largest absolute Gasteiger partial charge is 0.497 e. The Bertz CT molecular complexity index is 1720. The van der Waals surface area contributed by atoms with Gasteiger partial charge in [0, 0.05) is 0 Å². The smallest absolute Gasteiger partial charge is 0.297 e. The lowest BCUT2D eigenvalue weighted by molar-refractivity contribution is 0.0971. The molecule has 0 bridgehead atoms. The third-order valence-corrected chi connectivity index (χ3v) is 7.31. The van der Waals surface area contributed by atoms with Gasteiger partial charge in [0.15, 0.2) is 22.1 Å². The molecule has 2 aromatic heterocycles. The van der Waals surface area contributed by atoms with Gasteiger partial charge >= 0.3 is 0 Å². The normalized spacial score (nSPS) is 14.9. The molecule has 5 aromatic rings. The van der Waals surface area contributed by atoms with E-state index >= 15 is 0 Å². The highest BCUT2D eigenvalue weighted by molar-refractivity contribution is 7.22. The van der Waals surface area contributed by atoms with E-state index in [2.05, 4.69) is 0 Å². The quantitative estimate of drug-likeness (QED) is 0.328. The molecule has 0 saturated heterocycles. The number of amides is 1. The minimum atomic E-state index is -0.768. The van der Waals surface area contributed by atoms with Gasteiger partial charge in [-0.2, -0.15) is 0 Å². The number of ether oxygens (including phenoxy) is 3. The van der Waals surface area contributed by atoms with E-state index in [1.54, 1.807) is 50.6 Å². The Kier molecular flexibility index (Phi) is 5.15. The van der Waals surface area contributed by atoms with Crippen LogP contribution in [0.3, 0.4) is 0 Å². The molecule has 0 radical (unpaired) electrons. The zero-order valence-corrected chi connectivity index (χ0v) is 20.4. The van der Waals surface area contributed by atoms with Gasteiger partial charge in [-0.15, -0.1) is 0 Å². The van der Waals surface area contributed by atoms with Gasteiger partial charge in [0.2, 0.25) is 5.76 Å². The van der Waals surface area contributed by atoms with Crippen LogP contribution in [0.4, 0.5) is 5.13 Å². The summed E-state index contributed by atoms with van der Waals surface area (Å²) >= 11 is 1.34. The van der Waals surface area contributed by atoms with Gasteiger partial charge in [-0.05, 0) is 48.0 Å². The van der Waals surface area contributed by atoms with Crippen LogP contribution in [0.1, 0.15) is 27.7 Å². The number of thiazole rings is 1. The topological polar surface area (TPSA) is 91.1 Å². The van der Waals surface area contributed by atoms with Crippen molar-refractivity contribution in [2.45, 2.75) is 6.04 Å². The molecule has 0 spiro atoms. The lowest BCUT2D eigenvalue weighted by Crippen LogP contribution is -2.29. The number of fused-ring (bicyclic) bond motifs is 3. The van der Waals surface area contributed by atoms with Crippen LogP contribution in [0.25, 0.3) is 21.2 Å². The van der Waals surface area contributed by atoms with Crippen molar-refractivity contribution < 1.29 is 23.4 Å². The summed E-state index contributed by atoms with van der Waals surface area (Å²) in [7, 11) is 4.68. The number of hydrogen-bond donors (Lipinski definition) is 0. The second kappa shape index (κ2) is 8.39. The van der Waals surface area contributed by atoms with Gasteiger partial charge in [0.05, 0.1) is 48.5 Å². The second-order valence-electron chi connectivity index (χ2n) is 8.19. The summed E-state index contributed by atoms with van der Waals surface area (Å²) in [5.41, 5.74) is 1.75. The van der Waals surface area contributed by atoms with Crippen molar-refractivity contribution in [1.82, 2.24) is 4.98 Å². The maximum absolute atomic E-state index is 13.8. The molecule has 3 aromatic carbocycles. The van der Waals surface area contributed by atoms with Gasteiger partial charge in [-0.3, -0.25) is 14.5 Å². The summed E-state index contributed by atoms with van der Waals surface area (Å²) in [5.74, 6) is 1.28. The van der Waals surface area contributed by atoms with Crippen molar-refractivity contribution in [3.8, 4) is 17.2 Å². The van der Waals surface area contributed by atoms with E-state index < -0.39 is 11.9 Å². The van der Waals surface area contributed by atoms with Crippen molar-refractivity contribution in [3.63, 3.8) is 0 Å². The zero-order valence-electron chi connectivity index (χ0n) is 19.6. The molecule has 3 heterocycles. The first-order chi connectivity index (χ1) is 17.5. The van der Waals surface area contributed by atoms with Crippen LogP contribution in [0.15, 0.2) is 69.9 Å². The van der Waals surface area contributed by atoms with Crippen LogP contribution in [0, 0.1) is 0 Å². The highest BCUT2D eigenvalue weighted by Crippen LogP contribution is 2.45. The van der Waals surface area contributed by atoms with E-state index in [9.17, 15) is 9.59 Å². The fourth-order valence-corrected chi connectivity index (χ4v) is 5.60. The minimum absolute atomic E-state index is 0.00956. The summed E-state index contributed by atoms with van der Waals surface area (Å²) in [6, 6.07) is 17.0. The maximum atomic E-state index is 13.8. The molecule has 180 valence electrons. The van der Waals surface area contributed by atoms with Crippen LogP contribution in [0.2, 0.25) is 0 Å². The van der Waals surface area contributed by atoms with E-state index in [1.807, 2.05) is 24.3 Å². The number of aromatic nitrogens is 1. The average molecular weight is 501 g/mol. The van der Waals surface area contributed by atoms with E-state index in [-0.39, 0.29) is 16.8 Å². The number of methoxy groups -OCH3 is 3. The van der Waals surface area contributed by atoms with Crippen molar-refractivity contribution in [2.75, 3.05) is 26.2 Å². The van der Waals surface area contributed by atoms with Crippen LogP contribution < -0.4 is 24.5 Å². The summed E-state index contributed by atoms with van der Waals surface area (Å²) < 4.78 is 23.1. The molecule has 1 aliphatic heterocycles. The Balaban J connectivity index is 1.62. The van der Waals surface area contributed by atoms with Crippen molar-refractivity contribution >= 4 is 43.6 Å². The molecule has 1 aliphatic rings. The van der Waals surface area contributed by atoms with E-state index in [1.165, 1.54) is 23.3 Å². The minimum Gasteiger partial charge on any atom is -0.497 e. The third-order valence-electron chi connectivity index (χ3n) is 6.29. The third kappa shape index (κ3) is 3.24. The van der Waals surface area contributed by atoms with E-state index in [0.29, 0.717) is 38.9 Å². The van der Waals surface area contributed by atoms with Gasteiger partial charge in [-0.25, -0.2) is 4.98 Å². The Labute approximate surface area is 209 Å². The Morgan fingerprint density at radius 2 is 1.72 bits per heavy atom. The number of nitrogens with zero attached hydrogens (tertiary/aromatic N) is 2. The van der Waals surface area contributed by atoms with E-state index in [0.717, 1.165) is 10.2 Å². The summed E-state index contributed by atoms with van der Waals surface area (Å²) in [4.78, 5) is 33.8. The summed E-state index contributed by atoms with van der Waals surface area (Å²) in [6.07, 6.45) is 0. The van der Waals surface area contributed by atoms with Crippen molar-refractivity contribution in [2.24, 2.45) is 0 Å². The number of anilines is 1. The first-order valence-corrected chi connectivity index (χ1v) is 11.9. The van der Waals surface area contributed by atoms with Gasteiger partial charge in [0.25, 0.3) is 5.91 Å². The van der Waals surface area contributed by atoms with Crippen LogP contribution in [-0.2, 0) is 0 Å². The first-order valence-electron chi connectivity index (χ1n) is 11.1. The summed E-state index contributed by atoms with van der Waals surface area (Å²) in [6.45, 7) is 0. The number of carbonyl (C=O) groups excluding carboxylic acids is 1. The molecular weight excluding hydrogens is 480 g/mol. The number of carbonyl (C=O) groups is 1. The molecular formula is C27H20N2O6S. The van der Waals surface area contributed by atoms with Gasteiger partial charge < -0.3 is 18.6 Å². The van der Waals surface area contributed by atoms with Crippen molar-refractivity contribution in [3.05, 3.63) is 87.8 Å². The van der Waals surface area contributed by atoms with Gasteiger partial charge in [0.1, 0.15) is 11.3 Å². The lowest BCUT2D eigenvalue weighted by atomic mass is 9.98. The molecule has 1 unspecified atom stereocenters. The molecule has 8 nitrogen and oxygen atoms in total. The highest BCUT2D eigenvalue weighted by Gasteiger charge is 2.45. The number of hydrogen-bond acceptors (Lipinski definition) is 8. The standard InChI is InChI=1S/C27H20N2O6S/c1-32-15-9-10-17-21(13-15)36-27(28-17)29-23(14-8-11-19(33-2)20(12-14)34-3)22-24(30)16-6-4-5-7-18(16)35-25(22)26(29)31/h4-13,23H,1-3H3. The highest BCUT2D eigenvalue weighted by atomic mass is 32.1. The van der Waals surface area contributed by atoms with Crippen LogP contribution in [-0.4, -0.2) is 32.2 Å². The van der Waals surface area contributed by atoms with Gasteiger partial charge in [-0.1, -0.05) is 29.5 Å². The molecule has 0 N–H and O–H groups in total. The monoisotopic (exact) mass is 500 g/mol. The SMILES string of the molecule is COc1ccc2nc(N3C(=O)c4oc5ccccc5c(=O)c4C3c3ccc(OC)c(OC)c3)sc2c1. The maximum Gasteiger partial charge on any atom is 0.297 e. The molecule has 6 rings (SSSR count). The molecule has 0 saturated carbocycles. The van der Waals surface area contributed by atoms with Crippen molar-refractivity contribution in [1.29, 1.82) is 0 Å². The Hall–Kier alpha value is -4.37. The molecule has 1 atom stereocenters. The predicted molar refractivity (Wildman–Crippen MR) is 137 cm³/mol. The molecule has 36 heavy (non-hydrogen) atoms. The fraction of sp³-hybridized carbons (Fsp3) is 0.148. The second-order valence-corrected chi connectivity index (χ2v) is 9.20. The van der Waals surface area contributed by atoms with Crippen LogP contribution in [0.5, 0.6) is 17.2 Å². The number of para-hydroxylation sites is 1. The van der Waals surface area contributed by atoms with E-state index in [4.69, 9.17) is 23.6 Å². The molecule has 9 heteroatoms. The molecule has 0 aliphatic carbocycles. The predicted octanol–water partition coefficient (Wildman–Crippen LogP) is 5.18. The molecule has 0 fully saturated rings. The number of benzene rings is 3. The van der Waals surface area contributed by atoms with Crippen LogP contribution >= 0.6 is 11.3 Å². The lowest BCUT2D eigenvalue weighted by Gasteiger charge is -2.23. The average Bonchev–Trinajstić information content (AvgIpc) is 3.46. The summed E-state index contributed by atoms with van der Waals surface area (Å²) in [5, 5.41) is 0.850. The first kappa shape index (κ1) is 22.1. The zero-order chi connectivity index (χ0) is 25.0. The Morgan fingerprint density at radius 3 is 2.50 bits per heavy atom. The fourth-order valence-electron chi connectivity index (χ4n) is 4.58.